The summed E-state index contributed by atoms with van der Waals surface area (Å²) >= 11 is 0. The molecule has 1 aliphatic rings. The Labute approximate surface area is 128 Å². The summed E-state index contributed by atoms with van der Waals surface area (Å²) in [7, 11) is 0. The number of allylic oxidation sites excluding steroid dienone is 2. The third kappa shape index (κ3) is 4.32. The van der Waals surface area contributed by atoms with E-state index in [-0.39, 0.29) is 5.91 Å². The van der Waals surface area contributed by atoms with Crippen LogP contribution in [0.25, 0.3) is 6.08 Å². The van der Waals surface area contributed by atoms with Crippen LogP contribution in [0.4, 0.5) is 0 Å². The van der Waals surface area contributed by atoms with Crippen molar-refractivity contribution in [2.24, 2.45) is 11.8 Å². The van der Waals surface area contributed by atoms with Gasteiger partial charge >= 0.3 is 0 Å². The minimum absolute atomic E-state index is 0.00787. The van der Waals surface area contributed by atoms with Crippen LogP contribution < -0.4 is 5.32 Å². The molecule has 0 aliphatic heterocycles. The second kappa shape index (κ2) is 6.75. The summed E-state index contributed by atoms with van der Waals surface area (Å²) in [5, 5.41) is 2.91. The number of amides is 1. The molecule has 0 saturated carbocycles. The Morgan fingerprint density at radius 2 is 2.19 bits per heavy atom. The van der Waals surface area contributed by atoms with Crippen molar-refractivity contribution in [3.8, 4) is 0 Å². The van der Waals surface area contributed by atoms with Gasteiger partial charge in [0.25, 0.3) is 0 Å². The lowest BCUT2D eigenvalue weighted by Crippen LogP contribution is -2.25. The maximum Gasteiger partial charge on any atom is 0.243 e. The highest BCUT2D eigenvalue weighted by atomic mass is 16.1. The Morgan fingerprint density at radius 1 is 1.43 bits per heavy atom. The third-order valence-corrected chi connectivity index (χ3v) is 3.83. The van der Waals surface area contributed by atoms with Gasteiger partial charge < -0.3 is 5.32 Å². The van der Waals surface area contributed by atoms with Crippen molar-refractivity contribution >= 4 is 12.0 Å². The number of carbonyl (C=O) groups is 1. The van der Waals surface area contributed by atoms with Crippen molar-refractivity contribution in [3.63, 3.8) is 0 Å². The Morgan fingerprint density at radius 3 is 2.90 bits per heavy atom. The van der Waals surface area contributed by atoms with E-state index in [1.807, 2.05) is 6.08 Å². The molecule has 0 fully saturated rings. The summed E-state index contributed by atoms with van der Waals surface area (Å²) < 4.78 is 0. The fraction of sp³-hybridized carbons (Fsp3) is 0.421. The summed E-state index contributed by atoms with van der Waals surface area (Å²) in [4.78, 5) is 11.8. The molecule has 1 atom stereocenters. The second-order valence-corrected chi connectivity index (χ2v) is 6.42. The highest BCUT2D eigenvalue weighted by molar-refractivity contribution is 5.88. The molecule has 0 radical (unpaired) electrons. The predicted molar refractivity (Wildman–Crippen MR) is 89.0 cm³/mol. The average molecular weight is 283 g/mol. The zero-order valence-electron chi connectivity index (χ0n) is 13.4. The van der Waals surface area contributed by atoms with E-state index >= 15 is 0 Å². The van der Waals surface area contributed by atoms with E-state index in [1.54, 1.807) is 6.08 Å². The van der Waals surface area contributed by atoms with Gasteiger partial charge in [0.2, 0.25) is 5.91 Å². The Balaban J connectivity index is 2.09. The van der Waals surface area contributed by atoms with Gasteiger partial charge in [-0.2, -0.15) is 0 Å². The Kier molecular flexibility index (Phi) is 5.00. The molecule has 2 heteroatoms. The Hall–Kier alpha value is -1.83. The molecule has 112 valence electrons. The molecule has 1 N–H and O–H groups in total. The highest BCUT2D eigenvalue weighted by Gasteiger charge is 2.16. The van der Waals surface area contributed by atoms with E-state index in [0.29, 0.717) is 11.8 Å². The molecule has 0 heterocycles. The number of benzene rings is 1. The maximum absolute atomic E-state index is 11.8. The van der Waals surface area contributed by atoms with E-state index in [9.17, 15) is 4.79 Å². The van der Waals surface area contributed by atoms with Crippen LogP contribution >= 0.6 is 0 Å². The van der Waals surface area contributed by atoms with Gasteiger partial charge in [-0.1, -0.05) is 56.7 Å². The van der Waals surface area contributed by atoms with Gasteiger partial charge in [-0.3, -0.25) is 4.79 Å². The summed E-state index contributed by atoms with van der Waals surface area (Å²) in [6, 6.07) is 6.57. The van der Waals surface area contributed by atoms with Gasteiger partial charge in [-0.15, -0.1) is 0 Å². The van der Waals surface area contributed by atoms with Crippen molar-refractivity contribution in [1.29, 1.82) is 0 Å². The average Bonchev–Trinajstić information content (AvgIpc) is 2.42. The van der Waals surface area contributed by atoms with Crippen LogP contribution in [0.1, 0.15) is 37.5 Å². The predicted octanol–water partition coefficient (Wildman–Crippen LogP) is 3.90. The van der Waals surface area contributed by atoms with Crippen LogP contribution in [-0.2, 0) is 11.2 Å². The first-order valence-electron chi connectivity index (χ1n) is 7.72. The molecule has 2 nitrogen and oxygen atoms in total. The molecular weight excluding hydrogens is 258 g/mol. The lowest BCUT2D eigenvalue weighted by molar-refractivity contribution is -0.116. The first-order chi connectivity index (χ1) is 9.95. The number of hydrogen-bond donors (Lipinski definition) is 1. The molecule has 1 aliphatic carbocycles. The quantitative estimate of drug-likeness (QED) is 0.834. The molecular formula is C19H25NO. The zero-order valence-corrected chi connectivity index (χ0v) is 13.4. The van der Waals surface area contributed by atoms with Crippen molar-refractivity contribution in [3.05, 3.63) is 52.6 Å². The van der Waals surface area contributed by atoms with Crippen LogP contribution in [0, 0.1) is 18.8 Å². The molecule has 0 aromatic heterocycles. The normalized spacial score (nSPS) is 17.8. The van der Waals surface area contributed by atoms with Crippen LogP contribution in [0.15, 0.2) is 35.9 Å². The van der Waals surface area contributed by atoms with Gasteiger partial charge in [0.05, 0.1) is 0 Å². The summed E-state index contributed by atoms with van der Waals surface area (Å²) in [6.07, 6.45) is 6.86. The molecule has 0 bridgehead atoms. The molecule has 1 aromatic rings. The van der Waals surface area contributed by atoms with Gasteiger partial charge in [-0.25, -0.2) is 0 Å². The molecule has 0 spiro atoms. The topological polar surface area (TPSA) is 29.1 Å². The van der Waals surface area contributed by atoms with Crippen molar-refractivity contribution < 1.29 is 4.79 Å². The first kappa shape index (κ1) is 15.6. The molecule has 21 heavy (non-hydrogen) atoms. The number of carbonyl (C=O) groups excluding carboxylic acids is 1. The molecule has 0 saturated heterocycles. The first-order valence-corrected chi connectivity index (χ1v) is 7.72. The molecule has 1 unspecified atom stereocenters. The summed E-state index contributed by atoms with van der Waals surface area (Å²) in [5.74, 6) is 0.922. The minimum atomic E-state index is -0.00787. The van der Waals surface area contributed by atoms with Gasteiger partial charge in [0.1, 0.15) is 0 Å². The van der Waals surface area contributed by atoms with E-state index in [2.05, 4.69) is 57.3 Å². The molecule has 2 rings (SSSR count). The number of nitrogens with one attached hydrogen (secondary N) is 1. The van der Waals surface area contributed by atoms with E-state index in [4.69, 9.17) is 0 Å². The van der Waals surface area contributed by atoms with Crippen molar-refractivity contribution in [2.75, 3.05) is 6.54 Å². The van der Waals surface area contributed by atoms with Crippen LogP contribution in [0.5, 0.6) is 0 Å². The largest absolute Gasteiger partial charge is 0.352 e. The lowest BCUT2D eigenvalue weighted by atomic mass is 9.84. The van der Waals surface area contributed by atoms with Crippen molar-refractivity contribution in [1.82, 2.24) is 5.32 Å². The fourth-order valence-electron chi connectivity index (χ4n) is 2.57. The summed E-state index contributed by atoms with van der Waals surface area (Å²) in [6.45, 7) is 9.25. The summed E-state index contributed by atoms with van der Waals surface area (Å²) in [5.41, 5.74) is 5.22. The van der Waals surface area contributed by atoms with Gasteiger partial charge in [0.15, 0.2) is 0 Å². The fourth-order valence-corrected chi connectivity index (χ4v) is 2.57. The van der Waals surface area contributed by atoms with E-state index in [1.165, 1.54) is 22.3 Å². The van der Waals surface area contributed by atoms with Crippen LogP contribution in [0.2, 0.25) is 0 Å². The van der Waals surface area contributed by atoms with Gasteiger partial charge in [0, 0.05) is 12.6 Å². The number of hydrogen-bond acceptors (Lipinski definition) is 1. The third-order valence-electron chi connectivity index (χ3n) is 3.83. The second-order valence-electron chi connectivity index (χ2n) is 6.42. The highest BCUT2D eigenvalue weighted by Crippen LogP contribution is 2.29. The maximum atomic E-state index is 11.8. The SMILES string of the molecule is Cc1ccc2c(c1)CC(C)C(/C=C/C(=O)NCC(C)C)=C2. The van der Waals surface area contributed by atoms with Gasteiger partial charge in [-0.05, 0) is 41.9 Å². The van der Waals surface area contributed by atoms with Crippen molar-refractivity contribution in [2.45, 2.75) is 34.1 Å². The van der Waals surface area contributed by atoms with E-state index < -0.39 is 0 Å². The number of rotatable bonds is 4. The standard InChI is InChI=1S/C19H25NO/c1-13(2)12-20-19(21)8-7-16-11-17-6-5-14(3)9-18(17)10-15(16)4/h5-9,11,13,15H,10,12H2,1-4H3,(H,20,21)/b8-7+. The Bertz CT molecular complexity index is 581. The van der Waals surface area contributed by atoms with Crippen LogP contribution in [-0.4, -0.2) is 12.5 Å². The molecule has 1 amide bonds. The smallest absolute Gasteiger partial charge is 0.243 e. The zero-order chi connectivity index (χ0) is 15.4. The van der Waals surface area contributed by atoms with E-state index in [0.717, 1.165) is 13.0 Å². The van der Waals surface area contributed by atoms with Crippen LogP contribution in [0.3, 0.4) is 0 Å². The monoisotopic (exact) mass is 283 g/mol. The molecule has 1 aromatic carbocycles. The number of fused-ring (bicyclic) bond motifs is 1. The minimum Gasteiger partial charge on any atom is -0.352 e. The lowest BCUT2D eigenvalue weighted by Gasteiger charge is -2.21. The number of aryl methyl sites for hydroxylation is 1.